The standard InChI is InChI=1S/C15H18BN3O4S/c1-24(21,22)18-6-3-10(4-7-18)12-9-19(20)15-14(12)11-2-5-16-23-13(11)8-17-15/h2,5,8-10,16,20H,3-4,6-7H2,1H3. The number of fused-ring (bicyclic) bond motifs is 3. The first-order valence-electron chi connectivity index (χ1n) is 7.93. The van der Waals surface area contributed by atoms with Gasteiger partial charge in [0.15, 0.2) is 5.65 Å². The molecule has 0 unspecified atom stereocenters. The lowest BCUT2D eigenvalue weighted by Crippen LogP contribution is -2.37. The Bertz CT molecular complexity index is 930. The van der Waals surface area contributed by atoms with Crippen molar-refractivity contribution in [2.45, 2.75) is 18.8 Å². The molecular formula is C15H18BN3O4S. The highest BCUT2D eigenvalue weighted by molar-refractivity contribution is 7.88. The van der Waals surface area contributed by atoms with Gasteiger partial charge in [0.1, 0.15) is 5.75 Å². The molecule has 1 saturated heterocycles. The molecule has 1 fully saturated rings. The Morgan fingerprint density at radius 1 is 1.38 bits per heavy atom. The van der Waals surface area contributed by atoms with Crippen LogP contribution in [0.2, 0.25) is 0 Å². The van der Waals surface area contributed by atoms with E-state index in [1.54, 1.807) is 12.4 Å². The van der Waals surface area contributed by atoms with Gasteiger partial charge in [0.2, 0.25) is 10.0 Å². The number of rotatable bonds is 2. The van der Waals surface area contributed by atoms with E-state index in [0.717, 1.165) is 34.1 Å². The molecule has 2 aliphatic heterocycles. The molecule has 0 aliphatic carbocycles. The number of hydrogen-bond donors (Lipinski definition) is 1. The van der Waals surface area contributed by atoms with E-state index in [-0.39, 0.29) is 5.92 Å². The first-order chi connectivity index (χ1) is 11.4. The predicted octanol–water partition coefficient (Wildman–Crippen LogP) is 1.13. The van der Waals surface area contributed by atoms with E-state index in [9.17, 15) is 13.6 Å². The fourth-order valence-corrected chi connectivity index (χ4v) is 4.48. The van der Waals surface area contributed by atoms with Crippen LogP contribution in [0.3, 0.4) is 0 Å². The first-order valence-corrected chi connectivity index (χ1v) is 9.77. The summed E-state index contributed by atoms with van der Waals surface area (Å²) in [5.41, 5.74) is 2.43. The van der Waals surface area contributed by atoms with Gasteiger partial charge in [0.25, 0.3) is 0 Å². The second-order valence-electron chi connectivity index (χ2n) is 6.31. The summed E-state index contributed by atoms with van der Waals surface area (Å²) in [6, 6.07) is 0. The maximum atomic E-state index is 11.7. The monoisotopic (exact) mass is 347 g/mol. The van der Waals surface area contributed by atoms with Crippen molar-refractivity contribution in [3.05, 3.63) is 29.5 Å². The summed E-state index contributed by atoms with van der Waals surface area (Å²) < 4.78 is 31.5. The normalized spacial score (nSPS) is 19.0. The molecule has 4 rings (SSSR count). The SMILES string of the molecule is CS(=O)(=O)N1CCC(c2cn(O)c3ncc4c(c23)C=CBO4)CC1. The molecule has 1 N–H and O–H groups in total. The average molecular weight is 347 g/mol. The number of piperidine rings is 1. The van der Waals surface area contributed by atoms with Crippen LogP contribution in [0.5, 0.6) is 5.75 Å². The van der Waals surface area contributed by atoms with E-state index in [1.165, 1.54) is 10.6 Å². The fourth-order valence-electron chi connectivity index (χ4n) is 3.61. The quantitative estimate of drug-likeness (QED) is 0.650. The fraction of sp³-hybridized carbons (Fsp3) is 0.400. The highest BCUT2D eigenvalue weighted by Crippen LogP contribution is 2.39. The molecule has 0 spiro atoms. The van der Waals surface area contributed by atoms with Crippen LogP contribution in [0.1, 0.15) is 29.9 Å². The molecule has 0 bridgehead atoms. The van der Waals surface area contributed by atoms with Crippen molar-refractivity contribution in [2.75, 3.05) is 19.3 Å². The van der Waals surface area contributed by atoms with Gasteiger partial charge in [-0.2, -0.15) is 4.73 Å². The van der Waals surface area contributed by atoms with Crippen LogP contribution in [0.25, 0.3) is 17.1 Å². The lowest BCUT2D eigenvalue weighted by Gasteiger charge is -2.30. The molecule has 2 aromatic heterocycles. The highest BCUT2D eigenvalue weighted by atomic mass is 32.2. The Kier molecular flexibility index (Phi) is 3.57. The van der Waals surface area contributed by atoms with Crippen LogP contribution in [-0.2, 0) is 10.0 Å². The molecule has 0 amide bonds. The molecule has 4 heterocycles. The van der Waals surface area contributed by atoms with Gasteiger partial charge in [-0.1, -0.05) is 12.1 Å². The minimum absolute atomic E-state index is 0.183. The second-order valence-corrected chi connectivity index (χ2v) is 8.30. The lowest BCUT2D eigenvalue weighted by molar-refractivity contribution is 0.197. The summed E-state index contributed by atoms with van der Waals surface area (Å²) in [6.07, 6.45) is 8.01. The zero-order chi connectivity index (χ0) is 16.9. The van der Waals surface area contributed by atoms with Gasteiger partial charge in [-0.3, -0.25) is 0 Å². The minimum Gasteiger partial charge on any atom is -0.558 e. The van der Waals surface area contributed by atoms with E-state index in [4.69, 9.17) is 4.65 Å². The van der Waals surface area contributed by atoms with Crippen molar-refractivity contribution in [3.63, 3.8) is 0 Å². The molecule has 0 radical (unpaired) electrons. The Labute approximate surface area is 140 Å². The van der Waals surface area contributed by atoms with E-state index in [0.29, 0.717) is 32.0 Å². The third-order valence-corrected chi connectivity index (χ3v) is 6.12. The third-order valence-electron chi connectivity index (χ3n) is 4.81. The number of sulfonamides is 1. The number of pyridine rings is 1. The van der Waals surface area contributed by atoms with E-state index < -0.39 is 10.0 Å². The predicted molar refractivity (Wildman–Crippen MR) is 92.1 cm³/mol. The van der Waals surface area contributed by atoms with E-state index >= 15 is 0 Å². The van der Waals surface area contributed by atoms with Gasteiger partial charge < -0.3 is 9.86 Å². The topological polar surface area (TPSA) is 84.7 Å². The minimum atomic E-state index is -3.15. The average Bonchev–Trinajstić information content (AvgIpc) is 2.92. The van der Waals surface area contributed by atoms with Crippen molar-refractivity contribution in [1.82, 2.24) is 14.0 Å². The van der Waals surface area contributed by atoms with Crippen molar-refractivity contribution in [1.29, 1.82) is 0 Å². The number of aromatic nitrogens is 2. The van der Waals surface area contributed by atoms with Crippen LogP contribution >= 0.6 is 0 Å². The molecule has 24 heavy (non-hydrogen) atoms. The number of nitrogens with zero attached hydrogens (tertiary/aromatic N) is 3. The Morgan fingerprint density at radius 3 is 2.83 bits per heavy atom. The lowest BCUT2D eigenvalue weighted by atomic mass is 9.87. The zero-order valence-corrected chi connectivity index (χ0v) is 14.2. The summed E-state index contributed by atoms with van der Waals surface area (Å²) >= 11 is 0. The Morgan fingerprint density at radius 2 is 2.12 bits per heavy atom. The van der Waals surface area contributed by atoms with Gasteiger partial charge >= 0.3 is 7.48 Å². The zero-order valence-electron chi connectivity index (χ0n) is 13.3. The molecule has 2 aliphatic rings. The van der Waals surface area contributed by atoms with E-state index in [1.807, 2.05) is 12.1 Å². The molecule has 0 aromatic carbocycles. The van der Waals surface area contributed by atoms with E-state index in [2.05, 4.69) is 4.98 Å². The van der Waals surface area contributed by atoms with Gasteiger partial charge in [-0.05, 0) is 24.3 Å². The molecule has 0 atom stereocenters. The summed E-state index contributed by atoms with van der Waals surface area (Å²) in [4.78, 5) is 4.31. The van der Waals surface area contributed by atoms with Crippen LogP contribution in [-0.4, -0.2) is 54.5 Å². The van der Waals surface area contributed by atoms with Gasteiger partial charge in [0, 0.05) is 30.2 Å². The summed E-state index contributed by atoms with van der Waals surface area (Å²) in [7, 11) is -2.63. The summed E-state index contributed by atoms with van der Waals surface area (Å²) in [5.74, 6) is 2.83. The van der Waals surface area contributed by atoms with Gasteiger partial charge in [0.05, 0.1) is 12.5 Å². The molecule has 7 nitrogen and oxygen atoms in total. The van der Waals surface area contributed by atoms with Crippen LogP contribution in [0, 0.1) is 0 Å². The van der Waals surface area contributed by atoms with Crippen LogP contribution in [0.15, 0.2) is 18.4 Å². The first kappa shape index (κ1) is 15.5. The number of hydrogen-bond acceptors (Lipinski definition) is 5. The van der Waals surface area contributed by atoms with Gasteiger partial charge in [-0.25, -0.2) is 17.7 Å². The smallest absolute Gasteiger partial charge is 0.366 e. The molecule has 0 saturated carbocycles. The van der Waals surface area contributed by atoms with Crippen molar-refractivity contribution in [3.8, 4) is 5.75 Å². The Balaban J connectivity index is 1.75. The maximum Gasteiger partial charge on any atom is 0.366 e. The van der Waals surface area contributed by atoms with Gasteiger partial charge in [-0.15, -0.1) is 0 Å². The van der Waals surface area contributed by atoms with Crippen LogP contribution in [0.4, 0.5) is 0 Å². The molecule has 9 heteroatoms. The summed E-state index contributed by atoms with van der Waals surface area (Å²) in [5, 5.41) is 11.1. The Hall–Kier alpha value is -2.00. The van der Waals surface area contributed by atoms with Crippen molar-refractivity contribution in [2.24, 2.45) is 0 Å². The van der Waals surface area contributed by atoms with Crippen molar-refractivity contribution >= 4 is 34.6 Å². The van der Waals surface area contributed by atoms with Crippen LogP contribution < -0.4 is 4.65 Å². The maximum absolute atomic E-state index is 11.7. The highest BCUT2D eigenvalue weighted by Gasteiger charge is 2.29. The molecule has 2 aromatic rings. The largest absolute Gasteiger partial charge is 0.558 e. The summed E-state index contributed by atoms with van der Waals surface area (Å²) in [6.45, 7) is 0.993. The third kappa shape index (κ3) is 2.48. The molecular weight excluding hydrogens is 329 g/mol. The molecule has 126 valence electrons. The second kappa shape index (κ2) is 5.53. The van der Waals surface area contributed by atoms with Crippen molar-refractivity contribution < 1.29 is 18.3 Å².